The highest BCUT2D eigenvalue weighted by Crippen LogP contribution is 2.42. The van der Waals surface area contributed by atoms with Crippen LogP contribution in [-0.2, 0) is 25.5 Å². The van der Waals surface area contributed by atoms with Crippen LogP contribution in [-0.4, -0.2) is 114 Å². The first kappa shape index (κ1) is 49.0. The number of thioether (sulfide) groups is 1. The molecule has 338 valence electrons. The fourth-order valence-electron chi connectivity index (χ4n) is 8.50. The molecule has 15 heteroatoms. The number of nitrogens with one attached hydrogen (secondary N) is 2. The third-order valence-corrected chi connectivity index (χ3v) is 14.0. The summed E-state index contributed by atoms with van der Waals surface area (Å²) in [6.07, 6.45) is 1.13. The molecule has 1 fully saturated rings. The van der Waals surface area contributed by atoms with Gasteiger partial charge in [0.25, 0.3) is 0 Å². The lowest BCUT2D eigenvalue weighted by Gasteiger charge is -2.40. The zero-order valence-electron chi connectivity index (χ0n) is 37.4. The number of nitrogens with zero attached hydrogens (tertiary/aromatic N) is 3. The molecular formula is C47H65ClN6O7S. The van der Waals surface area contributed by atoms with Crippen LogP contribution < -0.4 is 5.73 Å². The average Bonchev–Trinajstić information content (AvgIpc) is 3.94. The molecule has 8 atom stereocenters. The molecule has 3 aromatic rings. The number of rotatable bonds is 14. The fraction of sp³-hybridized carbons (Fsp3) is 0.532. The minimum absolute atomic E-state index is 0. The van der Waals surface area contributed by atoms with Gasteiger partial charge in [-0.15, -0.1) is 24.2 Å². The zero-order chi connectivity index (χ0) is 44.4. The Balaban J connectivity index is 0.00000726. The summed E-state index contributed by atoms with van der Waals surface area (Å²) in [6.45, 7) is 20.7. The van der Waals surface area contributed by atoms with E-state index in [0.29, 0.717) is 31.6 Å². The molecule has 62 heavy (non-hydrogen) atoms. The number of esters is 1. The lowest BCUT2D eigenvalue weighted by Crippen LogP contribution is -2.58. The smallest absolute Gasteiger partial charge is 0.323 e. The minimum atomic E-state index is -1.48. The number of aromatic amines is 2. The van der Waals surface area contributed by atoms with Gasteiger partial charge in [0.05, 0.1) is 11.4 Å². The first-order valence-corrected chi connectivity index (χ1v) is 22.5. The molecule has 0 aromatic carbocycles. The number of carbonyl (C=O) groups excluding carboxylic acids is 2. The lowest BCUT2D eigenvalue weighted by atomic mass is 9.85. The van der Waals surface area contributed by atoms with Gasteiger partial charge in [0.15, 0.2) is 0 Å². The van der Waals surface area contributed by atoms with Crippen LogP contribution in [0.4, 0.5) is 0 Å². The number of hydrogen-bond acceptors (Lipinski definition) is 11. The molecule has 6 rings (SSSR count). The van der Waals surface area contributed by atoms with Gasteiger partial charge in [0, 0.05) is 70.9 Å². The molecule has 1 unspecified atom stereocenters. The molecule has 7 N–H and O–H groups in total. The van der Waals surface area contributed by atoms with Crippen molar-refractivity contribution in [1.82, 2.24) is 24.8 Å². The SMILES string of the molecule is C=Cc1c(C)c2cc3nc(c(C)c4nc(cc5[nH]c(cc1[nH]2)c(C)c5CC)C(C)=C4)[C@@H](CCC(=O)N(C)CCCS[C@@H]1O[C@H](COC(=O)C(N)C(C)C)[C@@H](O)[C@H](O)[C@H]1O)[C@@H]3C.Cl. The summed E-state index contributed by atoms with van der Waals surface area (Å²) in [6, 6.07) is 5.63. The van der Waals surface area contributed by atoms with Gasteiger partial charge in [-0.3, -0.25) is 14.6 Å². The van der Waals surface area contributed by atoms with Crippen molar-refractivity contribution in [3.63, 3.8) is 0 Å². The summed E-state index contributed by atoms with van der Waals surface area (Å²) in [7, 11) is 1.79. The number of H-pyrrole nitrogens is 2. The van der Waals surface area contributed by atoms with Crippen molar-refractivity contribution in [2.75, 3.05) is 26.0 Å². The number of allylic oxidation sites excluding steroid dienone is 1. The molecule has 3 aliphatic rings. The molecule has 1 amide bonds. The second kappa shape index (κ2) is 20.7. The summed E-state index contributed by atoms with van der Waals surface area (Å²) in [5.74, 6) is -0.223. The number of carbonyl (C=O) groups is 2. The maximum atomic E-state index is 13.7. The van der Waals surface area contributed by atoms with Crippen LogP contribution in [0.3, 0.4) is 0 Å². The second-order valence-corrected chi connectivity index (χ2v) is 18.4. The van der Waals surface area contributed by atoms with Crippen LogP contribution in [0, 0.1) is 26.7 Å². The third kappa shape index (κ3) is 10.2. The molecule has 3 aromatic heterocycles. The number of fused-ring (bicyclic) bond motifs is 8. The Kier molecular flexibility index (Phi) is 16.3. The first-order chi connectivity index (χ1) is 28.9. The van der Waals surface area contributed by atoms with Crippen LogP contribution >= 0.6 is 24.2 Å². The number of nitrogens with two attached hydrogens (primary N) is 1. The highest BCUT2D eigenvalue weighted by atomic mass is 35.5. The maximum Gasteiger partial charge on any atom is 0.323 e. The molecule has 13 nitrogen and oxygen atoms in total. The summed E-state index contributed by atoms with van der Waals surface area (Å²) in [4.78, 5) is 45.4. The largest absolute Gasteiger partial charge is 0.462 e. The number of aliphatic hydroxyl groups excluding tert-OH is 3. The van der Waals surface area contributed by atoms with Crippen LogP contribution in [0.2, 0.25) is 0 Å². The Morgan fingerprint density at radius 2 is 1.69 bits per heavy atom. The summed E-state index contributed by atoms with van der Waals surface area (Å²) in [5.41, 5.74) is 19.4. The number of aromatic nitrogens is 4. The van der Waals surface area contributed by atoms with Gasteiger partial charge < -0.3 is 45.4 Å². The Morgan fingerprint density at radius 3 is 2.37 bits per heavy atom. The van der Waals surface area contributed by atoms with Crippen LogP contribution in [0.5, 0.6) is 0 Å². The molecule has 0 aliphatic carbocycles. The predicted octanol–water partition coefficient (Wildman–Crippen LogP) is 7.01. The van der Waals surface area contributed by atoms with E-state index in [9.17, 15) is 24.9 Å². The average molecular weight is 894 g/mol. The minimum Gasteiger partial charge on any atom is -0.462 e. The normalized spacial score (nSPS) is 22.8. The summed E-state index contributed by atoms with van der Waals surface area (Å²) >= 11 is 1.27. The van der Waals surface area contributed by atoms with Gasteiger partial charge in [0.1, 0.15) is 42.5 Å². The second-order valence-electron chi connectivity index (χ2n) is 17.2. The predicted molar refractivity (Wildman–Crippen MR) is 251 cm³/mol. The maximum absolute atomic E-state index is 13.7. The van der Waals surface area contributed by atoms with Gasteiger partial charge >= 0.3 is 5.97 Å². The third-order valence-electron chi connectivity index (χ3n) is 12.7. The van der Waals surface area contributed by atoms with Crippen molar-refractivity contribution in [1.29, 1.82) is 0 Å². The van der Waals surface area contributed by atoms with Gasteiger partial charge in [0.2, 0.25) is 5.91 Å². The Morgan fingerprint density at radius 1 is 1.00 bits per heavy atom. The summed E-state index contributed by atoms with van der Waals surface area (Å²) < 4.78 is 11.1. The van der Waals surface area contributed by atoms with E-state index >= 15 is 0 Å². The molecule has 1 saturated heterocycles. The van der Waals surface area contributed by atoms with Crippen molar-refractivity contribution in [3.05, 3.63) is 75.4 Å². The van der Waals surface area contributed by atoms with Crippen molar-refractivity contribution in [2.45, 2.75) is 129 Å². The van der Waals surface area contributed by atoms with E-state index in [2.05, 4.69) is 82.4 Å². The van der Waals surface area contributed by atoms with E-state index in [1.54, 1.807) is 25.8 Å². The van der Waals surface area contributed by atoms with Gasteiger partial charge in [-0.05, 0) is 111 Å². The topological polar surface area (TPSA) is 200 Å². The van der Waals surface area contributed by atoms with E-state index in [-0.39, 0.29) is 42.7 Å². The van der Waals surface area contributed by atoms with Crippen LogP contribution in [0.15, 0.2) is 24.8 Å². The van der Waals surface area contributed by atoms with Crippen molar-refractivity contribution in [2.24, 2.45) is 11.7 Å². The Labute approximate surface area is 375 Å². The monoisotopic (exact) mass is 892 g/mol. The molecule has 3 aliphatic heterocycles. The first-order valence-electron chi connectivity index (χ1n) is 21.5. The number of hydrogen-bond donors (Lipinski definition) is 6. The Hall–Kier alpha value is -4.02. The van der Waals surface area contributed by atoms with E-state index in [1.165, 1.54) is 22.9 Å². The van der Waals surface area contributed by atoms with Gasteiger partial charge in [-0.1, -0.05) is 40.3 Å². The Bertz CT molecular complexity index is 2340. The molecule has 0 radical (unpaired) electrons. The zero-order valence-corrected chi connectivity index (χ0v) is 39.1. The molecule has 8 bridgehead atoms. The van der Waals surface area contributed by atoms with Crippen molar-refractivity contribution >= 4 is 75.8 Å². The van der Waals surface area contributed by atoms with E-state index in [4.69, 9.17) is 25.2 Å². The standard InChI is InChI=1S/C47H64N6O7S.ClH/c1-11-29-26(7)35-21-38-30(12-2)25(6)34(50-38)20-36-27(8)31(42(52-36)28(9)33-18-24(5)32(49-33)19-37(29)51-35)14-15-40(54)53(10)16-13-17-61-47-45(57)44(56)43(55)39(60-47)22-59-46(58)41(48)23(3)4;/h12,18-21,23,27,31,39,41,43-45,47,50-51,55-57H,2,11,13-17,22,48H2,1,3-10H3;1H/t27-,31-,39+,41?,43+,44-,45+,47-;/m0./s1. The fourth-order valence-corrected chi connectivity index (χ4v) is 9.61. The molecule has 0 saturated carbocycles. The number of aryl methyl sites for hydroxylation is 3. The van der Waals surface area contributed by atoms with Gasteiger partial charge in [-0.25, -0.2) is 4.98 Å². The van der Waals surface area contributed by atoms with Crippen molar-refractivity contribution in [3.8, 4) is 0 Å². The van der Waals surface area contributed by atoms with Crippen LogP contribution in [0.1, 0.15) is 116 Å². The molecule has 0 spiro atoms. The van der Waals surface area contributed by atoms with E-state index < -0.39 is 41.9 Å². The number of amides is 1. The molecule has 6 heterocycles. The van der Waals surface area contributed by atoms with Crippen LogP contribution in [0.25, 0.3) is 39.8 Å². The number of aliphatic hydroxyl groups is 3. The van der Waals surface area contributed by atoms with E-state index in [0.717, 1.165) is 73.5 Å². The highest BCUT2D eigenvalue weighted by Gasteiger charge is 2.44. The highest BCUT2D eigenvalue weighted by molar-refractivity contribution is 7.99. The quantitative estimate of drug-likeness (QED) is 0.0719. The van der Waals surface area contributed by atoms with Gasteiger partial charge in [-0.2, -0.15) is 0 Å². The van der Waals surface area contributed by atoms with E-state index in [1.807, 2.05) is 6.08 Å². The number of ether oxygens (including phenoxy) is 2. The van der Waals surface area contributed by atoms with Crippen molar-refractivity contribution < 1.29 is 34.4 Å². The summed E-state index contributed by atoms with van der Waals surface area (Å²) in [5, 5.41) is 31.7. The number of halogens is 1. The molecular weight excluding hydrogens is 828 g/mol. The lowest BCUT2D eigenvalue weighted by molar-refractivity contribution is -0.210.